The molecule has 6 heteroatoms. The van der Waals surface area contributed by atoms with E-state index in [-0.39, 0.29) is 23.6 Å². The molecule has 0 aromatic heterocycles. The molecule has 1 atom stereocenters. The van der Waals surface area contributed by atoms with E-state index in [1.54, 1.807) is 35.2 Å². The molecule has 6 nitrogen and oxygen atoms in total. The van der Waals surface area contributed by atoms with Crippen LogP contribution in [-0.2, 0) is 9.59 Å². The Balaban J connectivity index is 1.99. The molecular formula is C18H23N3O3. The summed E-state index contributed by atoms with van der Waals surface area (Å²) in [7, 11) is 0. The van der Waals surface area contributed by atoms with Crippen LogP contribution in [0, 0.1) is 5.92 Å². The van der Waals surface area contributed by atoms with Crippen molar-refractivity contribution in [2.24, 2.45) is 5.92 Å². The predicted molar refractivity (Wildman–Crippen MR) is 92.6 cm³/mol. The molecule has 0 bridgehead atoms. The minimum absolute atomic E-state index is 0.0339. The van der Waals surface area contributed by atoms with E-state index in [4.69, 9.17) is 0 Å². The number of likely N-dealkylation sites (tertiary alicyclic amines) is 1. The number of piperidine rings is 1. The molecule has 0 radical (unpaired) electrons. The zero-order valence-corrected chi connectivity index (χ0v) is 13.9. The van der Waals surface area contributed by atoms with Crippen molar-refractivity contribution in [1.82, 2.24) is 10.2 Å². The quantitative estimate of drug-likeness (QED) is 0.809. The van der Waals surface area contributed by atoms with Gasteiger partial charge in [0.25, 0.3) is 5.91 Å². The highest BCUT2D eigenvalue weighted by molar-refractivity contribution is 5.96. The van der Waals surface area contributed by atoms with Gasteiger partial charge in [0.05, 0.1) is 5.92 Å². The maximum Gasteiger partial charge on any atom is 0.253 e. The lowest BCUT2D eigenvalue weighted by atomic mass is 9.96. The highest BCUT2D eigenvalue weighted by atomic mass is 16.2. The average Bonchev–Trinajstić information content (AvgIpc) is 2.59. The average molecular weight is 329 g/mol. The topological polar surface area (TPSA) is 78.5 Å². The van der Waals surface area contributed by atoms with Crippen LogP contribution in [0.25, 0.3) is 0 Å². The minimum Gasteiger partial charge on any atom is -0.352 e. The zero-order valence-electron chi connectivity index (χ0n) is 13.9. The molecular weight excluding hydrogens is 306 g/mol. The monoisotopic (exact) mass is 329 g/mol. The molecule has 1 unspecified atom stereocenters. The Hall–Kier alpha value is -2.63. The number of amides is 3. The number of anilines is 1. The van der Waals surface area contributed by atoms with Crippen molar-refractivity contribution in [3.05, 3.63) is 42.5 Å². The number of hydrogen-bond donors (Lipinski definition) is 2. The maximum atomic E-state index is 12.6. The number of carbonyl (C=O) groups is 3. The second-order valence-electron chi connectivity index (χ2n) is 5.88. The van der Waals surface area contributed by atoms with Crippen molar-refractivity contribution in [1.29, 1.82) is 0 Å². The second-order valence-corrected chi connectivity index (χ2v) is 5.88. The minimum atomic E-state index is -0.179. The summed E-state index contributed by atoms with van der Waals surface area (Å²) < 4.78 is 0. The normalized spacial score (nSPS) is 17.0. The van der Waals surface area contributed by atoms with E-state index in [9.17, 15) is 14.4 Å². The first kappa shape index (κ1) is 17.7. The van der Waals surface area contributed by atoms with Gasteiger partial charge in [-0.25, -0.2) is 0 Å². The van der Waals surface area contributed by atoms with Crippen LogP contribution in [0.2, 0.25) is 0 Å². The van der Waals surface area contributed by atoms with Crippen LogP contribution in [0.5, 0.6) is 0 Å². The first-order valence-electron chi connectivity index (χ1n) is 8.07. The number of nitrogens with one attached hydrogen (secondary N) is 2. The van der Waals surface area contributed by atoms with Gasteiger partial charge < -0.3 is 15.5 Å². The molecule has 3 amide bonds. The summed E-state index contributed by atoms with van der Waals surface area (Å²) in [5.74, 6) is -0.459. The third kappa shape index (κ3) is 4.68. The summed E-state index contributed by atoms with van der Waals surface area (Å²) in [6.45, 7) is 6.53. The van der Waals surface area contributed by atoms with Crippen molar-refractivity contribution in [3.63, 3.8) is 0 Å². The van der Waals surface area contributed by atoms with Gasteiger partial charge in [0, 0.05) is 37.8 Å². The van der Waals surface area contributed by atoms with Crippen molar-refractivity contribution in [2.75, 3.05) is 25.0 Å². The molecule has 1 aromatic carbocycles. The number of nitrogens with zero attached hydrogens (tertiary/aromatic N) is 1. The van der Waals surface area contributed by atoms with Crippen molar-refractivity contribution < 1.29 is 14.4 Å². The van der Waals surface area contributed by atoms with Crippen LogP contribution >= 0.6 is 0 Å². The maximum absolute atomic E-state index is 12.6. The van der Waals surface area contributed by atoms with Crippen LogP contribution in [0.15, 0.2) is 36.9 Å². The molecule has 1 heterocycles. The molecule has 1 saturated heterocycles. The molecule has 128 valence electrons. The molecule has 0 spiro atoms. The van der Waals surface area contributed by atoms with Crippen LogP contribution in [0.3, 0.4) is 0 Å². The molecule has 1 aromatic rings. The van der Waals surface area contributed by atoms with Gasteiger partial charge in [0.15, 0.2) is 0 Å². The lowest BCUT2D eigenvalue weighted by Crippen LogP contribution is -2.45. The Kier molecular flexibility index (Phi) is 6.12. The SMILES string of the molecule is C=CCNC(=O)C1CCCN(C(=O)c2ccc(NC(C)=O)cc2)C1. The van der Waals surface area contributed by atoms with Crippen LogP contribution in [0.4, 0.5) is 5.69 Å². The number of hydrogen-bond acceptors (Lipinski definition) is 3. The molecule has 1 fully saturated rings. The van der Waals surface area contributed by atoms with Gasteiger partial charge in [-0.2, -0.15) is 0 Å². The molecule has 1 aliphatic heterocycles. The van der Waals surface area contributed by atoms with Gasteiger partial charge in [0.1, 0.15) is 0 Å². The molecule has 1 aliphatic rings. The van der Waals surface area contributed by atoms with E-state index >= 15 is 0 Å². The Bertz CT molecular complexity index is 625. The van der Waals surface area contributed by atoms with Crippen molar-refractivity contribution >= 4 is 23.4 Å². The van der Waals surface area contributed by atoms with Crippen molar-refractivity contribution in [2.45, 2.75) is 19.8 Å². The number of rotatable bonds is 5. The predicted octanol–water partition coefficient (Wildman–Crippen LogP) is 1.80. The van der Waals surface area contributed by atoms with Gasteiger partial charge >= 0.3 is 0 Å². The van der Waals surface area contributed by atoms with E-state index in [2.05, 4.69) is 17.2 Å². The summed E-state index contributed by atoms with van der Waals surface area (Å²) in [6, 6.07) is 6.78. The largest absolute Gasteiger partial charge is 0.352 e. The van der Waals surface area contributed by atoms with E-state index < -0.39 is 0 Å². The fraction of sp³-hybridized carbons (Fsp3) is 0.389. The number of benzene rings is 1. The Morgan fingerprint density at radius 2 is 2.00 bits per heavy atom. The standard InChI is InChI=1S/C18H23N3O3/c1-3-10-19-17(23)15-5-4-11-21(12-15)18(24)14-6-8-16(9-7-14)20-13(2)22/h3,6-9,15H,1,4-5,10-12H2,2H3,(H,19,23)(H,20,22). The van der Waals surface area contributed by atoms with E-state index in [1.165, 1.54) is 6.92 Å². The van der Waals surface area contributed by atoms with Gasteiger partial charge in [-0.3, -0.25) is 14.4 Å². The van der Waals surface area contributed by atoms with Gasteiger partial charge in [-0.15, -0.1) is 6.58 Å². The third-order valence-corrected chi connectivity index (χ3v) is 3.95. The van der Waals surface area contributed by atoms with E-state index in [0.717, 1.165) is 12.8 Å². The fourth-order valence-electron chi connectivity index (χ4n) is 2.77. The molecule has 2 rings (SSSR count). The van der Waals surface area contributed by atoms with Crippen molar-refractivity contribution in [3.8, 4) is 0 Å². The zero-order chi connectivity index (χ0) is 17.5. The summed E-state index contributed by atoms with van der Waals surface area (Å²) in [6.07, 6.45) is 3.23. The van der Waals surface area contributed by atoms with Crippen LogP contribution < -0.4 is 10.6 Å². The molecule has 2 N–H and O–H groups in total. The number of carbonyl (C=O) groups excluding carboxylic acids is 3. The second kappa shape index (κ2) is 8.29. The van der Waals surface area contributed by atoms with E-state index in [1.807, 2.05) is 0 Å². The Labute approximate surface area is 141 Å². The fourth-order valence-corrected chi connectivity index (χ4v) is 2.77. The van der Waals surface area contributed by atoms with Gasteiger partial charge in [-0.1, -0.05) is 6.08 Å². The smallest absolute Gasteiger partial charge is 0.253 e. The first-order chi connectivity index (χ1) is 11.5. The summed E-state index contributed by atoms with van der Waals surface area (Å²) >= 11 is 0. The van der Waals surface area contributed by atoms with E-state index in [0.29, 0.717) is 30.9 Å². The summed E-state index contributed by atoms with van der Waals surface area (Å²) in [5, 5.41) is 5.46. The third-order valence-electron chi connectivity index (χ3n) is 3.95. The highest BCUT2D eigenvalue weighted by Crippen LogP contribution is 2.19. The lowest BCUT2D eigenvalue weighted by Gasteiger charge is -2.32. The van der Waals surface area contributed by atoms with Gasteiger partial charge in [0.2, 0.25) is 11.8 Å². The summed E-state index contributed by atoms with van der Waals surface area (Å²) in [4.78, 5) is 37.4. The molecule has 24 heavy (non-hydrogen) atoms. The van der Waals surface area contributed by atoms with Gasteiger partial charge in [-0.05, 0) is 37.1 Å². The Morgan fingerprint density at radius 1 is 1.29 bits per heavy atom. The summed E-state index contributed by atoms with van der Waals surface area (Å²) in [5.41, 5.74) is 1.20. The first-order valence-corrected chi connectivity index (χ1v) is 8.07. The Morgan fingerprint density at radius 3 is 2.62 bits per heavy atom. The highest BCUT2D eigenvalue weighted by Gasteiger charge is 2.28. The van der Waals surface area contributed by atoms with Crippen LogP contribution in [-0.4, -0.2) is 42.3 Å². The molecule has 0 aliphatic carbocycles. The lowest BCUT2D eigenvalue weighted by molar-refractivity contribution is -0.126. The van der Waals surface area contributed by atoms with Crippen LogP contribution in [0.1, 0.15) is 30.1 Å². The molecule has 0 saturated carbocycles.